The minimum absolute atomic E-state index is 0.246. The van der Waals surface area contributed by atoms with Gasteiger partial charge in [0.15, 0.2) is 6.33 Å². The van der Waals surface area contributed by atoms with Crippen molar-refractivity contribution in [3.63, 3.8) is 0 Å². The smallest absolute Gasteiger partial charge is 0.408 e. The lowest BCUT2D eigenvalue weighted by molar-refractivity contribution is 0.0511. The first-order valence-corrected chi connectivity index (χ1v) is 5.07. The second-order valence-electron chi connectivity index (χ2n) is 4.36. The molecule has 0 saturated carbocycles. The van der Waals surface area contributed by atoms with Gasteiger partial charge in [-0.15, -0.1) is 16.6 Å². The zero-order valence-corrected chi connectivity index (χ0v) is 10.0. The molecule has 7 nitrogen and oxygen atoms in total. The monoisotopic (exact) mass is 237 g/mol. The van der Waals surface area contributed by atoms with Crippen molar-refractivity contribution < 1.29 is 9.53 Å². The van der Waals surface area contributed by atoms with Crippen molar-refractivity contribution >= 4 is 6.09 Å². The van der Waals surface area contributed by atoms with Crippen LogP contribution in [-0.4, -0.2) is 37.9 Å². The predicted molar refractivity (Wildman–Crippen MR) is 59.8 cm³/mol. The first kappa shape index (κ1) is 13.0. The summed E-state index contributed by atoms with van der Waals surface area (Å²) in [7, 11) is 0. The van der Waals surface area contributed by atoms with Gasteiger partial charge in [-0.1, -0.05) is 5.92 Å². The average Bonchev–Trinajstić information content (AvgIpc) is 2.66. The number of tetrazole rings is 1. The fraction of sp³-hybridized carbons (Fsp3) is 0.600. The molecule has 0 aliphatic heterocycles. The Morgan fingerprint density at radius 3 is 2.82 bits per heavy atom. The summed E-state index contributed by atoms with van der Waals surface area (Å²) in [4.78, 5) is 12.8. The average molecular weight is 237 g/mol. The Kier molecular flexibility index (Phi) is 4.04. The molecule has 1 heterocycles. The summed E-state index contributed by atoms with van der Waals surface area (Å²) < 4.78 is 5.08. The van der Waals surface area contributed by atoms with E-state index in [1.165, 1.54) is 11.1 Å². The molecule has 0 spiro atoms. The molecule has 17 heavy (non-hydrogen) atoms. The maximum Gasteiger partial charge on any atom is 0.408 e. The summed E-state index contributed by atoms with van der Waals surface area (Å²) in [5, 5.41) is 13.5. The van der Waals surface area contributed by atoms with E-state index in [1.54, 1.807) is 20.8 Å². The minimum atomic E-state index is -0.569. The molecule has 1 rings (SSSR count). The largest absolute Gasteiger partial charge is 0.444 e. The zero-order valence-electron chi connectivity index (χ0n) is 10.0. The van der Waals surface area contributed by atoms with Gasteiger partial charge in [-0.2, -0.15) is 4.80 Å². The lowest BCUT2D eigenvalue weighted by atomic mass is 10.2. The van der Waals surface area contributed by atoms with Gasteiger partial charge in [0.1, 0.15) is 11.6 Å². The number of nitrogens with zero attached hydrogens (tertiary/aromatic N) is 4. The van der Waals surface area contributed by atoms with Gasteiger partial charge >= 0.3 is 6.09 Å². The summed E-state index contributed by atoms with van der Waals surface area (Å²) >= 11 is 0. The Morgan fingerprint density at radius 1 is 1.65 bits per heavy atom. The third-order valence-corrected chi connectivity index (χ3v) is 1.63. The maximum absolute atomic E-state index is 11.5. The number of carbonyl (C=O) groups excluding carboxylic acids is 1. The lowest BCUT2D eigenvalue weighted by Crippen LogP contribution is -2.40. The van der Waals surface area contributed by atoms with E-state index in [-0.39, 0.29) is 6.54 Å². The third kappa shape index (κ3) is 4.97. The summed E-state index contributed by atoms with van der Waals surface area (Å²) in [6, 6.07) is -0.543. The van der Waals surface area contributed by atoms with E-state index >= 15 is 0 Å². The van der Waals surface area contributed by atoms with Crippen LogP contribution in [0, 0.1) is 12.3 Å². The molecule has 0 aromatic carbocycles. The molecular formula is C10H15N5O2. The van der Waals surface area contributed by atoms with Gasteiger partial charge in [0.05, 0.1) is 6.54 Å². The number of amides is 1. The molecule has 0 bridgehead atoms. The van der Waals surface area contributed by atoms with Crippen LogP contribution in [0.3, 0.4) is 0 Å². The van der Waals surface area contributed by atoms with Crippen LogP contribution in [0.1, 0.15) is 20.8 Å². The van der Waals surface area contributed by atoms with E-state index in [9.17, 15) is 4.79 Å². The van der Waals surface area contributed by atoms with Crippen LogP contribution in [0.2, 0.25) is 0 Å². The van der Waals surface area contributed by atoms with Crippen LogP contribution in [0.5, 0.6) is 0 Å². The molecule has 0 saturated heterocycles. The van der Waals surface area contributed by atoms with Crippen molar-refractivity contribution in [3.05, 3.63) is 6.33 Å². The highest BCUT2D eigenvalue weighted by atomic mass is 16.6. The van der Waals surface area contributed by atoms with Gasteiger partial charge < -0.3 is 10.1 Å². The molecule has 1 atom stereocenters. The Balaban J connectivity index is 2.48. The van der Waals surface area contributed by atoms with Crippen LogP contribution < -0.4 is 5.32 Å². The fourth-order valence-corrected chi connectivity index (χ4v) is 1.03. The van der Waals surface area contributed by atoms with Crippen molar-refractivity contribution in [2.45, 2.75) is 39.0 Å². The highest BCUT2D eigenvalue weighted by Gasteiger charge is 2.18. The molecule has 1 aromatic rings. The zero-order chi connectivity index (χ0) is 12.9. The molecular weight excluding hydrogens is 222 g/mol. The Labute approximate surface area is 99.5 Å². The predicted octanol–water partition coefficient (Wildman–Crippen LogP) is 0.200. The molecule has 1 amide bonds. The van der Waals surface area contributed by atoms with Crippen molar-refractivity contribution in [2.24, 2.45) is 0 Å². The summed E-state index contributed by atoms with van der Waals surface area (Å²) in [6.45, 7) is 5.57. The van der Waals surface area contributed by atoms with Crippen molar-refractivity contribution in [1.29, 1.82) is 0 Å². The molecule has 92 valence electrons. The Morgan fingerprint density at radius 2 is 2.35 bits per heavy atom. The van der Waals surface area contributed by atoms with Gasteiger partial charge in [0, 0.05) is 0 Å². The third-order valence-electron chi connectivity index (χ3n) is 1.63. The van der Waals surface area contributed by atoms with E-state index in [2.05, 4.69) is 26.6 Å². The second-order valence-corrected chi connectivity index (χ2v) is 4.36. The van der Waals surface area contributed by atoms with Crippen molar-refractivity contribution in [1.82, 2.24) is 25.5 Å². The lowest BCUT2D eigenvalue weighted by Gasteiger charge is -2.21. The number of hydrogen-bond donors (Lipinski definition) is 1. The number of carbonyl (C=O) groups is 1. The van der Waals surface area contributed by atoms with Crippen LogP contribution in [0.4, 0.5) is 4.79 Å². The van der Waals surface area contributed by atoms with Crippen molar-refractivity contribution in [2.75, 3.05) is 0 Å². The van der Waals surface area contributed by atoms with Gasteiger partial charge in [-0.3, -0.25) is 0 Å². The van der Waals surface area contributed by atoms with Gasteiger partial charge in [-0.05, 0) is 26.0 Å². The van der Waals surface area contributed by atoms with Crippen LogP contribution >= 0.6 is 0 Å². The molecule has 1 aromatic heterocycles. The second kappa shape index (κ2) is 5.30. The highest BCUT2D eigenvalue weighted by molar-refractivity contribution is 5.68. The Bertz CT molecular complexity index is 401. The standard InChI is InChI=1S/C10H15N5O2/c1-5-8(6-15-12-7-11-14-15)13-9(16)17-10(2,3)4/h1,7-8H,6H2,2-4H3,(H,13,16)/t8-/m1/s1. The molecule has 1 N–H and O–H groups in total. The number of aromatic nitrogens is 4. The summed E-state index contributed by atoms with van der Waals surface area (Å²) in [6.07, 6.45) is 6.02. The number of ether oxygens (including phenoxy) is 1. The van der Waals surface area contributed by atoms with Gasteiger partial charge in [0.2, 0.25) is 0 Å². The fourth-order valence-electron chi connectivity index (χ4n) is 1.03. The van der Waals surface area contributed by atoms with Crippen LogP contribution in [-0.2, 0) is 11.3 Å². The molecule has 0 aliphatic carbocycles. The number of terminal acetylenes is 1. The quantitative estimate of drug-likeness (QED) is 0.759. The van der Waals surface area contributed by atoms with Crippen LogP contribution in [0.25, 0.3) is 0 Å². The van der Waals surface area contributed by atoms with E-state index in [0.717, 1.165) is 0 Å². The van der Waals surface area contributed by atoms with Gasteiger partial charge in [0.25, 0.3) is 0 Å². The maximum atomic E-state index is 11.5. The number of nitrogens with one attached hydrogen (secondary N) is 1. The molecule has 0 fully saturated rings. The molecule has 0 unspecified atom stereocenters. The first-order chi connectivity index (χ1) is 7.90. The molecule has 0 radical (unpaired) electrons. The summed E-state index contributed by atoms with van der Waals surface area (Å²) in [5.41, 5.74) is -0.561. The van der Waals surface area contributed by atoms with E-state index in [1.807, 2.05) is 0 Å². The van der Waals surface area contributed by atoms with E-state index in [0.29, 0.717) is 0 Å². The summed E-state index contributed by atoms with van der Waals surface area (Å²) in [5.74, 6) is 2.42. The van der Waals surface area contributed by atoms with Gasteiger partial charge in [-0.25, -0.2) is 4.79 Å². The van der Waals surface area contributed by atoms with Crippen molar-refractivity contribution in [3.8, 4) is 12.3 Å². The Hall–Kier alpha value is -2.10. The van der Waals surface area contributed by atoms with E-state index in [4.69, 9.17) is 11.2 Å². The number of rotatable bonds is 3. The normalized spacial score (nSPS) is 12.6. The molecule has 7 heteroatoms. The first-order valence-electron chi connectivity index (χ1n) is 5.07. The highest BCUT2D eigenvalue weighted by Crippen LogP contribution is 2.06. The number of hydrogen-bond acceptors (Lipinski definition) is 5. The number of alkyl carbamates (subject to hydrolysis) is 1. The van der Waals surface area contributed by atoms with E-state index < -0.39 is 17.7 Å². The molecule has 0 aliphatic rings. The minimum Gasteiger partial charge on any atom is -0.444 e. The SMILES string of the molecule is C#C[C@H](Cn1ncnn1)NC(=O)OC(C)(C)C. The topological polar surface area (TPSA) is 81.9 Å². The van der Waals surface area contributed by atoms with Crippen LogP contribution in [0.15, 0.2) is 6.33 Å².